The Labute approximate surface area is 142 Å². The van der Waals surface area contributed by atoms with Gasteiger partial charge < -0.3 is 20.1 Å². The first-order valence-electron chi connectivity index (χ1n) is 7.05. The van der Waals surface area contributed by atoms with Crippen LogP contribution in [0.1, 0.15) is 16.8 Å². The van der Waals surface area contributed by atoms with E-state index < -0.39 is 24.5 Å². The highest BCUT2D eigenvalue weighted by Gasteiger charge is 2.11. The van der Waals surface area contributed by atoms with Crippen molar-refractivity contribution in [3.05, 3.63) is 22.4 Å². The first kappa shape index (κ1) is 19.6. The minimum atomic E-state index is -0.749. The number of thiophene rings is 1. The Kier molecular flexibility index (Phi) is 9.09. The summed E-state index contributed by atoms with van der Waals surface area (Å²) >= 11 is 1.39. The quantitative estimate of drug-likeness (QED) is 0.418. The summed E-state index contributed by atoms with van der Waals surface area (Å²) in [7, 11) is 1.48. The number of hydrogen-bond donors (Lipinski definition) is 3. The standard InChI is InChI=1S/C14H19N3O6S/c1-22-6-5-16-14(21)17-11(18)8-23-12(19)2-4-15-13(20)10-3-7-24-9-10/h3,7,9H,2,4-6,8H2,1H3,(H,15,20)(H2,16,17,18,21). The molecule has 0 fully saturated rings. The number of amides is 4. The van der Waals surface area contributed by atoms with Crippen molar-refractivity contribution in [3.8, 4) is 0 Å². The van der Waals surface area contributed by atoms with Gasteiger partial charge in [-0.05, 0) is 11.4 Å². The maximum absolute atomic E-state index is 11.6. The number of hydrogen-bond acceptors (Lipinski definition) is 7. The third-order valence-electron chi connectivity index (χ3n) is 2.61. The van der Waals surface area contributed by atoms with Gasteiger partial charge in [-0.3, -0.25) is 19.7 Å². The molecule has 24 heavy (non-hydrogen) atoms. The summed E-state index contributed by atoms with van der Waals surface area (Å²) in [5.74, 6) is -1.69. The van der Waals surface area contributed by atoms with E-state index in [0.29, 0.717) is 12.2 Å². The molecular formula is C14H19N3O6S. The molecule has 1 heterocycles. The van der Waals surface area contributed by atoms with Crippen molar-refractivity contribution in [2.24, 2.45) is 0 Å². The normalized spacial score (nSPS) is 9.88. The van der Waals surface area contributed by atoms with Gasteiger partial charge in [-0.15, -0.1) is 0 Å². The van der Waals surface area contributed by atoms with Gasteiger partial charge in [0, 0.05) is 31.1 Å². The smallest absolute Gasteiger partial charge is 0.321 e. The highest BCUT2D eigenvalue weighted by Crippen LogP contribution is 2.05. The molecule has 0 aliphatic carbocycles. The Balaban J connectivity index is 2.11. The summed E-state index contributed by atoms with van der Waals surface area (Å²) in [5.41, 5.74) is 0.521. The van der Waals surface area contributed by atoms with Crippen molar-refractivity contribution in [1.82, 2.24) is 16.0 Å². The highest BCUT2D eigenvalue weighted by atomic mass is 32.1. The minimum absolute atomic E-state index is 0.0802. The van der Waals surface area contributed by atoms with Gasteiger partial charge in [-0.25, -0.2) is 4.79 Å². The second-order valence-corrected chi connectivity index (χ2v) is 5.26. The first-order chi connectivity index (χ1) is 11.5. The van der Waals surface area contributed by atoms with Crippen LogP contribution in [0.25, 0.3) is 0 Å². The molecule has 0 bridgehead atoms. The van der Waals surface area contributed by atoms with Crippen LogP contribution in [0, 0.1) is 0 Å². The van der Waals surface area contributed by atoms with Crippen molar-refractivity contribution >= 4 is 35.2 Å². The number of methoxy groups -OCH3 is 1. The molecule has 10 heteroatoms. The molecule has 0 radical (unpaired) electrons. The molecule has 0 unspecified atom stereocenters. The van der Waals surface area contributed by atoms with E-state index in [0.717, 1.165) is 0 Å². The Hall–Kier alpha value is -2.46. The van der Waals surface area contributed by atoms with Crippen LogP contribution in [0.4, 0.5) is 4.79 Å². The van der Waals surface area contributed by atoms with Gasteiger partial charge in [0.2, 0.25) is 0 Å². The molecule has 1 aromatic rings. The molecule has 0 aliphatic heterocycles. The highest BCUT2D eigenvalue weighted by molar-refractivity contribution is 7.08. The number of urea groups is 1. The first-order valence-corrected chi connectivity index (χ1v) is 8.00. The average Bonchev–Trinajstić information content (AvgIpc) is 3.07. The Morgan fingerprint density at radius 3 is 2.62 bits per heavy atom. The minimum Gasteiger partial charge on any atom is -0.456 e. The SMILES string of the molecule is COCCNC(=O)NC(=O)COC(=O)CCNC(=O)c1ccsc1. The number of ether oxygens (including phenoxy) is 2. The van der Waals surface area contributed by atoms with Gasteiger partial charge in [0.05, 0.1) is 13.0 Å². The zero-order valence-electron chi connectivity index (χ0n) is 13.1. The van der Waals surface area contributed by atoms with Crippen molar-refractivity contribution in [3.63, 3.8) is 0 Å². The van der Waals surface area contributed by atoms with Crippen molar-refractivity contribution in [2.75, 3.05) is 33.4 Å². The fraction of sp³-hybridized carbons (Fsp3) is 0.429. The lowest BCUT2D eigenvalue weighted by Crippen LogP contribution is -2.42. The van der Waals surface area contributed by atoms with Crippen LogP contribution in [-0.2, 0) is 19.1 Å². The number of nitrogens with one attached hydrogen (secondary N) is 3. The zero-order chi connectivity index (χ0) is 17.8. The lowest BCUT2D eigenvalue weighted by atomic mass is 10.3. The maximum atomic E-state index is 11.6. The van der Waals surface area contributed by atoms with Crippen LogP contribution in [0.15, 0.2) is 16.8 Å². The lowest BCUT2D eigenvalue weighted by molar-refractivity contribution is -0.148. The van der Waals surface area contributed by atoms with E-state index in [4.69, 9.17) is 9.47 Å². The van der Waals surface area contributed by atoms with Gasteiger partial charge >= 0.3 is 12.0 Å². The predicted octanol–water partition coefficient (Wildman–Crippen LogP) is -0.117. The van der Waals surface area contributed by atoms with Crippen molar-refractivity contribution in [2.45, 2.75) is 6.42 Å². The van der Waals surface area contributed by atoms with Crippen LogP contribution in [-0.4, -0.2) is 57.2 Å². The monoisotopic (exact) mass is 357 g/mol. The molecule has 1 aromatic heterocycles. The molecule has 0 atom stereocenters. The molecule has 132 valence electrons. The fourth-order valence-electron chi connectivity index (χ4n) is 1.47. The predicted molar refractivity (Wildman–Crippen MR) is 85.6 cm³/mol. The number of imide groups is 1. The summed E-state index contributed by atoms with van der Waals surface area (Å²) in [6.45, 7) is 0.0779. The molecule has 0 spiro atoms. The van der Waals surface area contributed by atoms with Gasteiger partial charge in [0.1, 0.15) is 0 Å². The molecule has 0 aliphatic rings. The topological polar surface area (TPSA) is 123 Å². The number of carbonyl (C=O) groups is 4. The van der Waals surface area contributed by atoms with Gasteiger partial charge in [0.25, 0.3) is 11.8 Å². The molecule has 0 saturated carbocycles. The second-order valence-electron chi connectivity index (χ2n) is 4.48. The zero-order valence-corrected chi connectivity index (χ0v) is 13.9. The molecule has 1 rings (SSSR count). The van der Waals surface area contributed by atoms with Crippen LogP contribution in [0.5, 0.6) is 0 Å². The van der Waals surface area contributed by atoms with E-state index in [-0.39, 0.29) is 25.4 Å². The largest absolute Gasteiger partial charge is 0.456 e. The summed E-state index contributed by atoms with van der Waals surface area (Å²) in [4.78, 5) is 45.7. The number of esters is 1. The Morgan fingerprint density at radius 1 is 1.17 bits per heavy atom. The van der Waals surface area contributed by atoms with E-state index >= 15 is 0 Å². The second kappa shape index (κ2) is 11.1. The van der Waals surface area contributed by atoms with Crippen LogP contribution in [0.2, 0.25) is 0 Å². The summed E-state index contributed by atoms with van der Waals surface area (Å²) in [5, 5.41) is 10.4. The number of rotatable bonds is 9. The Bertz CT molecular complexity index is 561. The molecule has 0 saturated heterocycles. The van der Waals surface area contributed by atoms with E-state index in [1.54, 1.807) is 16.8 Å². The van der Waals surface area contributed by atoms with Gasteiger partial charge in [0.15, 0.2) is 6.61 Å². The van der Waals surface area contributed by atoms with Crippen molar-refractivity contribution < 1.29 is 28.7 Å². The summed E-state index contributed by atoms with van der Waals surface area (Å²) in [6, 6.07) is 0.969. The van der Waals surface area contributed by atoms with Crippen LogP contribution >= 0.6 is 11.3 Å². The third-order valence-corrected chi connectivity index (χ3v) is 3.29. The van der Waals surface area contributed by atoms with Gasteiger partial charge in [-0.2, -0.15) is 11.3 Å². The average molecular weight is 357 g/mol. The van der Waals surface area contributed by atoms with Gasteiger partial charge in [-0.1, -0.05) is 0 Å². The molecule has 0 aromatic carbocycles. The molecular weight excluding hydrogens is 338 g/mol. The lowest BCUT2D eigenvalue weighted by Gasteiger charge is -2.07. The molecule has 9 nitrogen and oxygen atoms in total. The van der Waals surface area contributed by atoms with E-state index in [9.17, 15) is 19.2 Å². The van der Waals surface area contributed by atoms with Crippen LogP contribution < -0.4 is 16.0 Å². The van der Waals surface area contributed by atoms with Crippen molar-refractivity contribution in [1.29, 1.82) is 0 Å². The Morgan fingerprint density at radius 2 is 1.96 bits per heavy atom. The van der Waals surface area contributed by atoms with E-state index in [1.165, 1.54) is 18.4 Å². The summed E-state index contributed by atoms with van der Waals surface area (Å²) in [6.07, 6.45) is -0.0802. The van der Waals surface area contributed by atoms with E-state index in [2.05, 4.69) is 10.6 Å². The molecule has 3 N–H and O–H groups in total. The van der Waals surface area contributed by atoms with Crippen LogP contribution in [0.3, 0.4) is 0 Å². The molecule has 4 amide bonds. The third kappa shape index (κ3) is 8.25. The maximum Gasteiger partial charge on any atom is 0.321 e. The van der Waals surface area contributed by atoms with E-state index in [1.807, 2.05) is 5.32 Å². The fourth-order valence-corrected chi connectivity index (χ4v) is 2.10. The number of carbonyl (C=O) groups excluding carboxylic acids is 4. The summed E-state index contributed by atoms with van der Waals surface area (Å²) < 4.78 is 9.43.